The number of hydrogen-bond acceptors (Lipinski definition) is 3. The smallest absolute Gasteiger partial charge is 0.129 e. The van der Waals surface area contributed by atoms with E-state index in [-0.39, 0.29) is 0 Å². The summed E-state index contributed by atoms with van der Waals surface area (Å²) in [7, 11) is 0. The van der Waals surface area contributed by atoms with Crippen LogP contribution in [-0.4, -0.2) is 17.6 Å². The lowest BCUT2D eigenvalue weighted by atomic mass is 10.1. The zero-order valence-corrected chi connectivity index (χ0v) is 12.4. The van der Waals surface area contributed by atoms with Gasteiger partial charge in [0.15, 0.2) is 0 Å². The second-order valence-electron chi connectivity index (χ2n) is 5.42. The molecule has 102 valence electrons. The van der Waals surface area contributed by atoms with Crippen LogP contribution >= 0.6 is 0 Å². The highest BCUT2D eigenvalue weighted by Crippen LogP contribution is 2.22. The molecule has 3 nitrogen and oxygen atoms in total. The highest BCUT2D eigenvalue weighted by atomic mass is 15.2. The summed E-state index contributed by atoms with van der Waals surface area (Å²) in [6.45, 7) is 12.1. The summed E-state index contributed by atoms with van der Waals surface area (Å²) in [6, 6.07) is 2.67. The maximum atomic E-state index is 5.85. The predicted octanol–water partition coefficient (Wildman–Crippen LogP) is 3.62. The quantitative estimate of drug-likeness (QED) is 0.837. The van der Waals surface area contributed by atoms with Crippen LogP contribution in [0.15, 0.2) is 12.3 Å². The Kier molecular flexibility index (Phi) is 5.45. The Balaban J connectivity index is 3.04. The van der Waals surface area contributed by atoms with Crippen molar-refractivity contribution in [3.8, 4) is 0 Å². The summed E-state index contributed by atoms with van der Waals surface area (Å²) in [4.78, 5) is 6.94. The summed E-state index contributed by atoms with van der Waals surface area (Å²) in [5, 5.41) is 0. The molecule has 0 atom stereocenters. The first kappa shape index (κ1) is 14.8. The van der Waals surface area contributed by atoms with E-state index in [0.717, 1.165) is 36.5 Å². The van der Waals surface area contributed by atoms with E-state index in [9.17, 15) is 0 Å². The fourth-order valence-electron chi connectivity index (χ4n) is 2.26. The van der Waals surface area contributed by atoms with Gasteiger partial charge in [-0.1, -0.05) is 27.7 Å². The minimum Gasteiger partial charge on any atom is -0.397 e. The standard InChI is InChI=1S/C15H27N3/c1-6-13(7-2)18(10-11(3)4)15-8-12(5)14(16)9-17-15/h8-9,11,13H,6-7,10,16H2,1-5H3. The Morgan fingerprint density at radius 2 is 1.89 bits per heavy atom. The van der Waals surface area contributed by atoms with E-state index in [1.54, 1.807) is 6.20 Å². The fourth-order valence-corrected chi connectivity index (χ4v) is 2.26. The highest BCUT2D eigenvalue weighted by Gasteiger charge is 2.18. The molecule has 0 aliphatic heterocycles. The van der Waals surface area contributed by atoms with Crippen molar-refractivity contribution < 1.29 is 0 Å². The SMILES string of the molecule is CCC(CC)N(CC(C)C)c1cc(C)c(N)cn1. The van der Waals surface area contributed by atoms with Crippen molar-refractivity contribution in [3.05, 3.63) is 17.8 Å². The summed E-state index contributed by atoms with van der Waals surface area (Å²) in [6.07, 6.45) is 4.07. The second-order valence-corrected chi connectivity index (χ2v) is 5.42. The molecule has 0 saturated carbocycles. The van der Waals surface area contributed by atoms with Crippen LogP contribution in [0.5, 0.6) is 0 Å². The monoisotopic (exact) mass is 249 g/mol. The lowest BCUT2D eigenvalue weighted by Gasteiger charge is -2.33. The van der Waals surface area contributed by atoms with Crippen molar-refractivity contribution in [1.29, 1.82) is 0 Å². The van der Waals surface area contributed by atoms with Crippen molar-refractivity contribution in [2.24, 2.45) is 5.92 Å². The van der Waals surface area contributed by atoms with Crippen molar-refractivity contribution >= 4 is 11.5 Å². The predicted molar refractivity (Wildman–Crippen MR) is 79.9 cm³/mol. The van der Waals surface area contributed by atoms with Gasteiger partial charge in [-0.15, -0.1) is 0 Å². The lowest BCUT2D eigenvalue weighted by Crippen LogP contribution is -2.38. The molecule has 18 heavy (non-hydrogen) atoms. The first-order valence-electron chi connectivity index (χ1n) is 6.98. The van der Waals surface area contributed by atoms with Crippen LogP contribution in [0.1, 0.15) is 46.1 Å². The molecule has 0 aromatic carbocycles. The number of hydrogen-bond donors (Lipinski definition) is 1. The molecule has 2 N–H and O–H groups in total. The summed E-state index contributed by atoms with van der Waals surface area (Å²) >= 11 is 0. The Labute approximate surface area is 111 Å². The maximum Gasteiger partial charge on any atom is 0.129 e. The van der Waals surface area contributed by atoms with Crippen LogP contribution in [0.25, 0.3) is 0 Å². The van der Waals surface area contributed by atoms with Crippen LogP contribution in [-0.2, 0) is 0 Å². The Morgan fingerprint density at radius 1 is 1.28 bits per heavy atom. The Hall–Kier alpha value is -1.25. The van der Waals surface area contributed by atoms with Gasteiger partial charge in [-0.3, -0.25) is 0 Å². The van der Waals surface area contributed by atoms with Crippen molar-refractivity contribution in [2.45, 2.75) is 53.5 Å². The number of anilines is 2. The molecule has 0 fully saturated rings. The summed E-state index contributed by atoms with van der Waals surface area (Å²) in [5.41, 5.74) is 7.73. The number of aromatic nitrogens is 1. The normalized spacial score (nSPS) is 11.3. The van der Waals surface area contributed by atoms with E-state index in [1.807, 2.05) is 6.92 Å². The highest BCUT2D eigenvalue weighted by molar-refractivity contribution is 5.52. The third-order valence-electron chi connectivity index (χ3n) is 3.38. The largest absolute Gasteiger partial charge is 0.397 e. The minimum atomic E-state index is 0.558. The average molecular weight is 249 g/mol. The molecule has 0 aliphatic carbocycles. The topological polar surface area (TPSA) is 42.1 Å². The fraction of sp³-hybridized carbons (Fsp3) is 0.667. The third-order valence-corrected chi connectivity index (χ3v) is 3.38. The number of nitrogens with zero attached hydrogens (tertiary/aromatic N) is 2. The summed E-state index contributed by atoms with van der Waals surface area (Å²) in [5.74, 6) is 1.69. The van der Waals surface area contributed by atoms with E-state index in [2.05, 4.69) is 43.6 Å². The van der Waals surface area contributed by atoms with Gasteiger partial charge in [-0.2, -0.15) is 0 Å². The number of nitrogens with two attached hydrogens (primary N) is 1. The van der Waals surface area contributed by atoms with Gasteiger partial charge in [0.05, 0.1) is 11.9 Å². The van der Waals surface area contributed by atoms with Gasteiger partial charge in [0.25, 0.3) is 0 Å². The molecule has 3 heteroatoms. The van der Waals surface area contributed by atoms with Gasteiger partial charge >= 0.3 is 0 Å². The molecule has 0 spiro atoms. The van der Waals surface area contributed by atoms with Gasteiger partial charge in [-0.25, -0.2) is 4.98 Å². The average Bonchev–Trinajstić information content (AvgIpc) is 2.32. The van der Waals surface area contributed by atoms with Crippen LogP contribution in [0.3, 0.4) is 0 Å². The van der Waals surface area contributed by atoms with Crippen LogP contribution in [0, 0.1) is 12.8 Å². The minimum absolute atomic E-state index is 0.558. The molecular weight excluding hydrogens is 222 g/mol. The molecule has 0 aliphatic rings. The number of rotatable bonds is 6. The molecule has 1 aromatic heterocycles. The number of nitrogen functional groups attached to an aromatic ring is 1. The Morgan fingerprint density at radius 3 is 2.33 bits per heavy atom. The van der Waals surface area contributed by atoms with Gasteiger partial charge in [0.2, 0.25) is 0 Å². The first-order chi connectivity index (χ1) is 8.49. The van der Waals surface area contributed by atoms with Crippen LogP contribution in [0.2, 0.25) is 0 Å². The number of aryl methyl sites for hydroxylation is 1. The van der Waals surface area contributed by atoms with Gasteiger partial charge in [0.1, 0.15) is 5.82 Å². The van der Waals surface area contributed by atoms with Crippen LogP contribution in [0.4, 0.5) is 11.5 Å². The molecular formula is C15H27N3. The van der Waals surface area contributed by atoms with E-state index >= 15 is 0 Å². The zero-order valence-electron chi connectivity index (χ0n) is 12.4. The van der Waals surface area contributed by atoms with Crippen molar-refractivity contribution in [2.75, 3.05) is 17.2 Å². The van der Waals surface area contributed by atoms with Crippen molar-refractivity contribution in [1.82, 2.24) is 4.98 Å². The lowest BCUT2D eigenvalue weighted by molar-refractivity contribution is 0.503. The maximum absolute atomic E-state index is 5.85. The molecule has 1 aromatic rings. The summed E-state index contributed by atoms with van der Waals surface area (Å²) < 4.78 is 0. The number of pyridine rings is 1. The molecule has 1 rings (SSSR count). The molecule has 1 heterocycles. The first-order valence-corrected chi connectivity index (χ1v) is 6.98. The van der Waals surface area contributed by atoms with Gasteiger partial charge in [-0.05, 0) is 37.3 Å². The van der Waals surface area contributed by atoms with E-state index in [4.69, 9.17) is 5.73 Å². The van der Waals surface area contributed by atoms with E-state index < -0.39 is 0 Å². The van der Waals surface area contributed by atoms with Gasteiger partial charge < -0.3 is 10.6 Å². The molecule has 0 radical (unpaired) electrons. The molecule has 0 unspecified atom stereocenters. The third kappa shape index (κ3) is 3.62. The van der Waals surface area contributed by atoms with E-state index in [1.165, 1.54) is 0 Å². The second kappa shape index (κ2) is 6.62. The van der Waals surface area contributed by atoms with Crippen LogP contribution < -0.4 is 10.6 Å². The molecule has 0 saturated heterocycles. The van der Waals surface area contributed by atoms with Crippen molar-refractivity contribution in [3.63, 3.8) is 0 Å². The van der Waals surface area contributed by atoms with E-state index in [0.29, 0.717) is 12.0 Å². The van der Waals surface area contributed by atoms with Gasteiger partial charge in [0, 0.05) is 12.6 Å². The Bertz CT molecular complexity index is 370. The molecule has 0 bridgehead atoms. The molecule has 0 amide bonds. The zero-order chi connectivity index (χ0) is 13.7.